The molecule has 1 aromatic carbocycles. The minimum atomic E-state index is -0.167. The lowest BCUT2D eigenvalue weighted by molar-refractivity contribution is 0.0963. The summed E-state index contributed by atoms with van der Waals surface area (Å²) in [6, 6.07) is 5.03. The van der Waals surface area contributed by atoms with E-state index in [0.29, 0.717) is 22.8 Å². The van der Waals surface area contributed by atoms with E-state index in [2.05, 4.69) is 17.2 Å². The van der Waals surface area contributed by atoms with Gasteiger partial charge in [0, 0.05) is 17.6 Å². The van der Waals surface area contributed by atoms with Gasteiger partial charge in [0.15, 0.2) is 0 Å². The third-order valence-electron chi connectivity index (χ3n) is 2.01. The maximum absolute atomic E-state index is 11.3. The minimum absolute atomic E-state index is 0.167. The van der Waals surface area contributed by atoms with Crippen LogP contribution in [-0.4, -0.2) is 19.5 Å². The van der Waals surface area contributed by atoms with Gasteiger partial charge in [0.2, 0.25) is 0 Å². The van der Waals surface area contributed by atoms with Gasteiger partial charge in [0.05, 0.1) is 17.9 Å². The standard InChI is InChI=1S/C11H14ClN3O/c1-7(12)6-15-10-4-3-8(5-9(10)13)11(16)14-2/h3-5,15H,1,6,13H2,2H3,(H,14,16). The van der Waals surface area contributed by atoms with Gasteiger partial charge in [-0.2, -0.15) is 0 Å². The van der Waals surface area contributed by atoms with Crippen LogP contribution in [0.25, 0.3) is 0 Å². The molecule has 0 aliphatic heterocycles. The number of carbonyl (C=O) groups is 1. The zero-order valence-electron chi connectivity index (χ0n) is 9.01. The van der Waals surface area contributed by atoms with Crippen LogP contribution in [0.3, 0.4) is 0 Å². The maximum Gasteiger partial charge on any atom is 0.251 e. The van der Waals surface area contributed by atoms with E-state index in [4.69, 9.17) is 17.3 Å². The number of rotatable bonds is 4. The fourth-order valence-corrected chi connectivity index (χ4v) is 1.27. The predicted octanol–water partition coefficient (Wildman–Crippen LogP) is 1.79. The number of benzene rings is 1. The van der Waals surface area contributed by atoms with Crippen molar-refractivity contribution in [1.82, 2.24) is 5.32 Å². The second-order valence-corrected chi connectivity index (χ2v) is 3.79. The minimum Gasteiger partial charge on any atom is -0.397 e. The van der Waals surface area contributed by atoms with Gasteiger partial charge in [0.1, 0.15) is 0 Å². The van der Waals surface area contributed by atoms with Gasteiger partial charge in [-0.1, -0.05) is 18.2 Å². The summed E-state index contributed by atoms with van der Waals surface area (Å²) >= 11 is 5.62. The molecule has 0 aromatic heterocycles. The van der Waals surface area contributed by atoms with E-state index in [0.717, 1.165) is 5.69 Å². The molecule has 0 aliphatic rings. The number of nitrogens with two attached hydrogens (primary N) is 1. The third kappa shape index (κ3) is 3.17. The topological polar surface area (TPSA) is 67.2 Å². The van der Waals surface area contributed by atoms with Crippen molar-refractivity contribution in [3.8, 4) is 0 Å². The van der Waals surface area contributed by atoms with Crippen LogP contribution in [0.2, 0.25) is 0 Å². The average molecular weight is 240 g/mol. The van der Waals surface area contributed by atoms with E-state index in [9.17, 15) is 4.79 Å². The van der Waals surface area contributed by atoms with E-state index in [1.807, 2.05) is 0 Å². The summed E-state index contributed by atoms with van der Waals surface area (Å²) in [5.41, 5.74) is 7.54. The molecule has 0 radical (unpaired) electrons. The van der Waals surface area contributed by atoms with Crippen molar-refractivity contribution in [2.24, 2.45) is 0 Å². The lowest BCUT2D eigenvalue weighted by Crippen LogP contribution is -2.18. The molecule has 0 heterocycles. The highest BCUT2D eigenvalue weighted by Crippen LogP contribution is 2.20. The second kappa shape index (κ2) is 5.42. The Bertz CT molecular complexity index is 418. The first kappa shape index (κ1) is 12.4. The van der Waals surface area contributed by atoms with E-state index in [1.165, 1.54) is 0 Å². The van der Waals surface area contributed by atoms with E-state index >= 15 is 0 Å². The van der Waals surface area contributed by atoms with Gasteiger partial charge < -0.3 is 16.4 Å². The van der Waals surface area contributed by atoms with Crippen LogP contribution < -0.4 is 16.4 Å². The van der Waals surface area contributed by atoms with Crippen LogP contribution in [0, 0.1) is 0 Å². The molecule has 0 spiro atoms. The largest absolute Gasteiger partial charge is 0.397 e. The summed E-state index contributed by atoms with van der Waals surface area (Å²) in [7, 11) is 1.57. The molecule has 0 saturated heterocycles. The van der Waals surface area contributed by atoms with Crippen LogP contribution in [0.1, 0.15) is 10.4 Å². The molecular weight excluding hydrogens is 226 g/mol. The summed E-state index contributed by atoms with van der Waals surface area (Å²) < 4.78 is 0. The smallest absolute Gasteiger partial charge is 0.251 e. The normalized spacial score (nSPS) is 9.62. The molecule has 1 aromatic rings. The second-order valence-electron chi connectivity index (χ2n) is 3.25. The Kier molecular flexibility index (Phi) is 4.19. The zero-order valence-corrected chi connectivity index (χ0v) is 9.77. The summed E-state index contributed by atoms with van der Waals surface area (Å²) in [4.78, 5) is 11.3. The highest BCUT2D eigenvalue weighted by atomic mass is 35.5. The lowest BCUT2D eigenvalue weighted by Gasteiger charge is -2.09. The molecule has 4 nitrogen and oxygen atoms in total. The molecule has 1 rings (SSSR count). The Morgan fingerprint density at radius 3 is 2.75 bits per heavy atom. The van der Waals surface area contributed by atoms with Crippen molar-refractivity contribution in [3.05, 3.63) is 35.4 Å². The van der Waals surface area contributed by atoms with Crippen molar-refractivity contribution in [2.75, 3.05) is 24.6 Å². The molecule has 0 bridgehead atoms. The zero-order chi connectivity index (χ0) is 12.1. The molecule has 4 N–H and O–H groups in total. The van der Waals surface area contributed by atoms with Crippen molar-refractivity contribution < 1.29 is 4.79 Å². The molecule has 0 aliphatic carbocycles. The van der Waals surface area contributed by atoms with Crippen molar-refractivity contribution in [2.45, 2.75) is 0 Å². The van der Waals surface area contributed by atoms with Crippen LogP contribution >= 0.6 is 11.6 Å². The monoisotopic (exact) mass is 239 g/mol. The first-order valence-electron chi connectivity index (χ1n) is 4.73. The molecule has 86 valence electrons. The lowest BCUT2D eigenvalue weighted by atomic mass is 10.1. The molecule has 0 atom stereocenters. The maximum atomic E-state index is 11.3. The number of hydrogen-bond acceptors (Lipinski definition) is 3. The van der Waals surface area contributed by atoms with Gasteiger partial charge in [-0.3, -0.25) is 4.79 Å². The van der Waals surface area contributed by atoms with Crippen molar-refractivity contribution >= 4 is 28.9 Å². The Hall–Kier alpha value is -1.68. The molecule has 0 unspecified atom stereocenters. The van der Waals surface area contributed by atoms with Gasteiger partial charge in [-0.05, 0) is 18.2 Å². The molecule has 5 heteroatoms. The number of nitrogens with one attached hydrogen (secondary N) is 2. The fourth-order valence-electron chi connectivity index (χ4n) is 1.20. The van der Waals surface area contributed by atoms with E-state index in [1.54, 1.807) is 25.2 Å². The quantitative estimate of drug-likeness (QED) is 0.702. The molecule has 1 amide bonds. The summed E-state index contributed by atoms with van der Waals surface area (Å²) in [5, 5.41) is 6.03. The SMILES string of the molecule is C=C(Cl)CNc1ccc(C(=O)NC)cc1N. The number of nitrogen functional groups attached to an aromatic ring is 1. The number of amides is 1. The van der Waals surface area contributed by atoms with Gasteiger partial charge in [0.25, 0.3) is 5.91 Å². The Labute approximate surface area is 99.5 Å². The van der Waals surface area contributed by atoms with Gasteiger partial charge in [-0.15, -0.1) is 0 Å². The number of carbonyl (C=O) groups excluding carboxylic acids is 1. The van der Waals surface area contributed by atoms with Gasteiger partial charge in [-0.25, -0.2) is 0 Å². The summed E-state index contributed by atoms with van der Waals surface area (Å²) in [6.07, 6.45) is 0. The van der Waals surface area contributed by atoms with E-state index < -0.39 is 0 Å². The first-order valence-corrected chi connectivity index (χ1v) is 5.11. The van der Waals surface area contributed by atoms with E-state index in [-0.39, 0.29) is 5.91 Å². The van der Waals surface area contributed by atoms with Crippen LogP contribution in [-0.2, 0) is 0 Å². The van der Waals surface area contributed by atoms with Crippen LogP contribution in [0.4, 0.5) is 11.4 Å². The Morgan fingerprint density at radius 1 is 1.56 bits per heavy atom. The molecule has 0 fully saturated rings. The number of hydrogen-bond donors (Lipinski definition) is 3. The summed E-state index contributed by atoms with van der Waals surface area (Å²) in [5.74, 6) is -0.167. The first-order chi connectivity index (χ1) is 7.54. The fraction of sp³-hybridized carbons (Fsp3) is 0.182. The number of anilines is 2. The van der Waals surface area contributed by atoms with Crippen LogP contribution in [0.15, 0.2) is 29.8 Å². The van der Waals surface area contributed by atoms with Crippen molar-refractivity contribution in [1.29, 1.82) is 0 Å². The Balaban J connectivity index is 2.83. The predicted molar refractivity (Wildman–Crippen MR) is 67.7 cm³/mol. The average Bonchev–Trinajstić information content (AvgIpc) is 2.26. The Morgan fingerprint density at radius 2 is 2.25 bits per heavy atom. The van der Waals surface area contributed by atoms with Crippen molar-refractivity contribution in [3.63, 3.8) is 0 Å². The highest BCUT2D eigenvalue weighted by molar-refractivity contribution is 6.29. The molecule has 0 saturated carbocycles. The van der Waals surface area contributed by atoms with Gasteiger partial charge >= 0.3 is 0 Å². The molecule has 16 heavy (non-hydrogen) atoms. The summed E-state index contributed by atoms with van der Waals surface area (Å²) in [6.45, 7) is 3.99. The third-order valence-corrected chi connectivity index (χ3v) is 2.15. The molecular formula is C11H14ClN3O. The highest BCUT2D eigenvalue weighted by Gasteiger charge is 2.05. The number of halogens is 1. The van der Waals surface area contributed by atoms with Crippen LogP contribution in [0.5, 0.6) is 0 Å².